The molecule has 0 saturated carbocycles. The Morgan fingerprint density at radius 2 is 2.18 bits per heavy atom. The van der Waals surface area contributed by atoms with Crippen molar-refractivity contribution in [3.8, 4) is 0 Å². The van der Waals surface area contributed by atoms with E-state index in [4.69, 9.17) is 11.1 Å². The third-order valence-electron chi connectivity index (χ3n) is 2.78. The van der Waals surface area contributed by atoms with Gasteiger partial charge in [0.2, 0.25) is 0 Å². The monoisotopic (exact) mass is 234 g/mol. The fraction of sp³-hybridized carbons (Fsp3) is 0.538. The van der Waals surface area contributed by atoms with E-state index in [1.165, 1.54) is 0 Å². The van der Waals surface area contributed by atoms with Gasteiger partial charge in [-0.1, -0.05) is 6.07 Å². The van der Waals surface area contributed by atoms with Gasteiger partial charge in [-0.05, 0) is 26.0 Å². The lowest BCUT2D eigenvalue weighted by Gasteiger charge is -2.26. The van der Waals surface area contributed by atoms with Gasteiger partial charge in [-0.2, -0.15) is 0 Å². The summed E-state index contributed by atoms with van der Waals surface area (Å²) in [5.74, 6) is 0.258. The van der Waals surface area contributed by atoms with Crippen LogP contribution in [0.2, 0.25) is 0 Å². The van der Waals surface area contributed by atoms with E-state index in [2.05, 4.69) is 23.7 Å². The number of hydrogen-bond donors (Lipinski definition) is 2. The summed E-state index contributed by atoms with van der Waals surface area (Å²) >= 11 is 0. The highest BCUT2D eigenvalue weighted by Crippen LogP contribution is 2.03. The summed E-state index contributed by atoms with van der Waals surface area (Å²) in [5.41, 5.74) is 6.50. The van der Waals surface area contributed by atoms with Crippen LogP contribution in [0.4, 0.5) is 0 Å². The fourth-order valence-electron chi connectivity index (χ4n) is 1.70. The Kier molecular flexibility index (Phi) is 5.63. The standard InChI is InChI=1S/C13H22N4/c1-11(2)17(10-7-13(14)15)9-6-12-5-3-4-8-16-12/h3-5,8,11H,6-7,9-10H2,1-2H3,(H3,14,15). The highest BCUT2D eigenvalue weighted by atomic mass is 15.1. The maximum absolute atomic E-state index is 7.26. The minimum absolute atomic E-state index is 0.258. The Morgan fingerprint density at radius 3 is 2.71 bits per heavy atom. The van der Waals surface area contributed by atoms with Crippen molar-refractivity contribution in [3.63, 3.8) is 0 Å². The van der Waals surface area contributed by atoms with Gasteiger partial charge in [-0.15, -0.1) is 0 Å². The lowest BCUT2D eigenvalue weighted by Crippen LogP contribution is -2.35. The van der Waals surface area contributed by atoms with Crippen molar-refractivity contribution < 1.29 is 0 Å². The second-order valence-corrected chi connectivity index (χ2v) is 4.48. The van der Waals surface area contributed by atoms with Crippen LogP contribution in [-0.4, -0.2) is 34.9 Å². The first-order valence-corrected chi connectivity index (χ1v) is 6.06. The molecule has 1 heterocycles. The lowest BCUT2D eigenvalue weighted by molar-refractivity contribution is 0.230. The van der Waals surface area contributed by atoms with Crippen molar-refractivity contribution in [1.82, 2.24) is 9.88 Å². The van der Waals surface area contributed by atoms with E-state index in [9.17, 15) is 0 Å². The summed E-state index contributed by atoms with van der Waals surface area (Å²) in [7, 11) is 0. The Labute approximate surface area is 103 Å². The van der Waals surface area contributed by atoms with E-state index in [-0.39, 0.29) is 5.84 Å². The zero-order chi connectivity index (χ0) is 12.7. The Morgan fingerprint density at radius 1 is 1.41 bits per heavy atom. The van der Waals surface area contributed by atoms with Gasteiger partial charge in [-0.3, -0.25) is 10.4 Å². The summed E-state index contributed by atoms with van der Waals surface area (Å²) in [6.07, 6.45) is 3.40. The smallest absolute Gasteiger partial charge is 0.0918 e. The minimum Gasteiger partial charge on any atom is -0.388 e. The Hall–Kier alpha value is -1.42. The molecule has 0 atom stereocenters. The van der Waals surface area contributed by atoms with E-state index in [0.29, 0.717) is 12.5 Å². The van der Waals surface area contributed by atoms with Crippen LogP contribution in [0, 0.1) is 5.41 Å². The maximum atomic E-state index is 7.26. The number of nitrogens with one attached hydrogen (secondary N) is 1. The van der Waals surface area contributed by atoms with Crippen molar-refractivity contribution in [2.75, 3.05) is 13.1 Å². The van der Waals surface area contributed by atoms with Gasteiger partial charge in [-0.25, -0.2) is 0 Å². The molecule has 17 heavy (non-hydrogen) atoms. The third kappa shape index (κ3) is 5.45. The summed E-state index contributed by atoms with van der Waals surface area (Å²) in [6.45, 7) is 6.14. The molecule has 0 aliphatic rings. The molecule has 0 spiro atoms. The molecule has 0 aliphatic carbocycles. The van der Waals surface area contributed by atoms with Gasteiger partial charge in [0.05, 0.1) is 5.84 Å². The van der Waals surface area contributed by atoms with Gasteiger partial charge in [0.15, 0.2) is 0 Å². The van der Waals surface area contributed by atoms with E-state index in [1.807, 2.05) is 24.4 Å². The molecule has 94 valence electrons. The van der Waals surface area contributed by atoms with E-state index >= 15 is 0 Å². The summed E-state index contributed by atoms with van der Waals surface area (Å²) in [4.78, 5) is 6.64. The zero-order valence-electron chi connectivity index (χ0n) is 10.7. The number of nitrogens with two attached hydrogens (primary N) is 1. The number of aromatic nitrogens is 1. The van der Waals surface area contributed by atoms with E-state index in [0.717, 1.165) is 25.2 Å². The minimum atomic E-state index is 0.258. The van der Waals surface area contributed by atoms with E-state index < -0.39 is 0 Å². The quantitative estimate of drug-likeness (QED) is 0.557. The molecule has 0 bridgehead atoms. The molecule has 1 aromatic heterocycles. The first kappa shape index (κ1) is 13.6. The zero-order valence-corrected chi connectivity index (χ0v) is 10.7. The molecule has 0 fully saturated rings. The molecule has 0 aromatic carbocycles. The maximum Gasteiger partial charge on any atom is 0.0918 e. The molecular weight excluding hydrogens is 212 g/mol. The number of amidine groups is 1. The van der Waals surface area contributed by atoms with Crippen LogP contribution in [0.25, 0.3) is 0 Å². The van der Waals surface area contributed by atoms with Crippen LogP contribution < -0.4 is 5.73 Å². The normalized spacial score (nSPS) is 11.1. The molecule has 1 rings (SSSR count). The highest BCUT2D eigenvalue weighted by Gasteiger charge is 2.09. The van der Waals surface area contributed by atoms with Crippen LogP contribution >= 0.6 is 0 Å². The van der Waals surface area contributed by atoms with Crippen LogP contribution in [-0.2, 0) is 6.42 Å². The van der Waals surface area contributed by atoms with Crippen LogP contribution in [0.1, 0.15) is 26.0 Å². The van der Waals surface area contributed by atoms with Gasteiger partial charge < -0.3 is 10.6 Å². The summed E-state index contributed by atoms with van der Waals surface area (Å²) < 4.78 is 0. The van der Waals surface area contributed by atoms with Crippen molar-refractivity contribution in [2.24, 2.45) is 5.73 Å². The molecular formula is C13H22N4. The summed E-state index contributed by atoms with van der Waals surface area (Å²) in [6, 6.07) is 6.46. The number of nitrogens with zero attached hydrogens (tertiary/aromatic N) is 2. The molecule has 0 unspecified atom stereocenters. The first-order chi connectivity index (χ1) is 8.09. The van der Waals surface area contributed by atoms with Crippen molar-refractivity contribution >= 4 is 5.84 Å². The molecule has 0 saturated heterocycles. The van der Waals surface area contributed by atoms with Gasteiger partial charge in [0.25, 0.3) is 0 Å². The average Bonchev–Trinajstić information content (AvgIpc) is 2.29. The van der Waals surface area contributed by atoms with Gasteiger partial charge in [0, 0.05) is 43.9 Å². The molecule has 4 heteroatoms. The molecule has 0 radical (unpaired) electrons. The van der Waals surface area contributed by atoms with Crippen molar-refractivity contribution in [2.45, 2.75) is 32.7 Å². The van der Waals surface area contributed by atoms with Gasteiger partial charge >= 0.3 is 0 Å². The number of hydrogen-bond acceptors (Lipinski definition) is 3. The van der Waals surface area contributed by atoms with Crippen molar-refractivity contribution in [3.05, 3.63) is 30.1 Å². The molecule has 3 N–H and O–H groups in total. The predicted octanol–water partition coefficient (Wildman–Crippen LogP) is 1.66. The van der Waals surface area contributed by atoms with Crippen molar-refractivity contribution in [1.29, 1.82) is 5.41 Å². The van der Waals surface area contributed by atoms with Crippen LogP contribution in [0.15, 0.2) is 24.4 Å². The topological polar surface area (TPSA) is 66.0 Å². The second-order valence-electron chi connectivity index (χ2n) is 4.48. The van der Waals surface area contributed by atoms with Crippen LogP contribution in [0.5, 0.6) is 0 Å². The van der Waals surface area contributed by atoms with Crippen LogP contribution in [0.3, 0.4) is 0 Å². The Balaban J connectivity index is 2.42. The number of rotatable bonds is 7. The summed E-state index contributed by atoms with van der Waals surface area (Å²) in [5, 5.41) is 7.26. The first-order valence-electron chi connectivity index (χ1n) is 6.06. The third-order valence-corrected chi connectivity index (χ3v) is 2.78. The predicted molar refractivity (Wildman–Crippen MR) is 71.2 cm³/mol. The van der Waals surface area contributed by atoms with Gasteiger partial charge in [0.1, 0.15) is 0 Å². The second kappa shape index (κ2) is 7.01. The largest absolute Gasteiger partial charge is 0.388 e. The molecule has 0 aliphatic heterocycles. The Bertz CT molecular complexity index is 335. The SMILES string of the molecule is CC(C)N(CCC(=N)N)CCc1ccccn1. The highest BCUT2D eigenvalue weighted by molar-refractivity contribution is 5.76. The lowest BCUT2D eigenvalue weighted by atomic mass is 10.2. The average molecular weight is 234 g/mol. The number of pyridine rings is 1. The molecule has 0 amide bonds. The van der Waals surface area contributed by atoms with E-state index in [1.54, 1.807) is 0 Å². The molecule has 4 nitrogen and oxygen atoms in total. The fourth-order valence-corrected chi connectivity index (χ4v) is 1.70. The molecule has 1 aromatic rings.